The summed E-state index contributed by atoms with van der Waals surface area (Å²) in [5.74, 6) is -5.78. The summed E-state index contributed by atoms with van der Waals surface area (Å²) in [5, 5.41) is 4.14. The molecule has 0 aliphatic carbocycles. The third kappa shape index (κ3) is 10.4. The van der Waals surface area contributed by atoms with E-state index < -0.39 is 110 Å². The smallest absolute Gasteiger partial charge is 0.339 e. The molecule has 18 heteroatoms. The van der Waals surface area contributed by atoms with Gasteiger partial charge in [-0.2, -0.15) is 0 Å². The van der Waals surface area contributed by atoms with Gasteiger partial charge in [-0.05, 0) is 11.5 Å². The topological polar surface area (TPSA) is 224 Å². The van der Waals surface area contributed by atoms with Crippen LogP contribution in [-0.2, 0) is 76.2 Å². The first-order valence-corrected chi connectivity index (χ1v) is 16.4. The van der Waals surface area contributed by atoms with Gasteiger partial charge in [-0.3, -0.25) is 28.8 Å². The first-order chi connectivity index (χ1) is 25.1. The molecule has 2 heterocycles. The second-order valence-electron chi connectivity index (χ2n) is 12.0. The molecule has 53 heavy (non-hydrogen) atoms. The van der Waals surface area contributed by atoms with Crippen LogP contribution in [-0.4, -0.2) is 117 Å². The highest BCUT2D eigenvalue weighted by Gasteiger charge is 2.58. The van der Waals surface area contributed by atoms with Gasteiger partial charge in [0, 0.05) is 46.9 Å². The van der Waals surface area contributed by atoms with E-state index in [-0.39, 0.29) is 0 Å². The Morgan fingerprint density at radius 2 is 1.23 bits per heavy atom. The van der Waals surface area contributed by atoms with E-state index in [1.54, 1.807) is 24.3 Å². The Bertz CT molecular complexity index is 1690. The third-order valence-corrected chi connectivity index (χ3v) is 7.89. The molecule has 0 unspecified atom stereocenters. The van der Waals surface area contributed by atoms with Crippen molar-refractivity contribution in [1.82, 2.24) is 5.32 Å². The molecule has 0 saturated carbocycles. The Hall–Kier alpha value is -5.33. The molecular formula is C35H41NO17. The van der Waals surface area contributed by atoms with E-state index in [1.807, 2.05) is 18.2 Å². The largest absolute Gasteiger partial charge is 0.467 e. The van der Waals surface area contributed by atoms with Crippen LogP contribution < -0.4 is 10.1 Å². The van der Waals surface area contributed by atoms with E-state index in [1.165, 1.54) is 6.92 Å². The van der Waals surface area contributed by atoms with Gasteiger partial charge in [-0.15, -0.1) is 0 Å². The monoisotopic (exact) mass is 747 g/mol. The fourth-order valence-electron chi connectivity index (χ4n) is 5.99. The summed E-state index contributed by atoms with van der Waals surface area (Å²) in [7, 11) is 1.02. The summed E-state index contributed by atoms with van der Waals surface area (Å²) in [6.07, 6.45) is -14.8. The van der Waals surface area contributed by atoms with Crippen LogP contribution in [0.1, 0.15) is 41.5 Å². The second kappa shape index (κ2) is 17.9. The van der Waals surface area contributed by atoms with Crippen molar-refractivity contribution >= 4 is 52.5 Å². The molecule has 2 saturated heterocycles. The van der Waals surface area contributed by atoms with Crippen LogP contribution in [0.25, 0.3) is 10.8 Å². The van der Waals surface area contributed by atoms with Crippen LogP contribution >= 0.6 is 0 Å². The van der Waals surface area contributed by atoms with Crippen molar-refractivity contribution in [2.24, 2.45) is 0 Å². The average molecular weight is 748 g/mol. The Kier molecular flexibility index (Phi) is 13.7. The van der Waals surface area contributed by atoms with Crippen molar-refractivity contribution in [3.63, 3.8) is 0 Å². The Balaban J connectivity index is 1.89. The molecule has 0 bridgehead atoms. The molecule has 2 fully saturated rings. The van der Waals surface area contributed by atoms with Gasteiger partial charge in [0.05, 0.1) is 7.11 Å². The predicted octanol–water partition coefficient (Wildman–Crippen LogP) is 1.02. The van der Waals surface area contributed by atoms with Crippen LogP contribution in [0.5, 0.6) is 5.75 Å². The van der Waals surface area contributed by atoms with Gasteiger partial charge in [0.2, 0.25) is 12.2 Å². The number of carbonyl (C=O) groups excluding carboxylic acids is 7. The molecule has 2 aromatic rings. The first kappa shape index (κ1) is 40.4. The highest BCUT2D eigenvalue weighted by atomic mass is 16.8. The van der Waals surface area contributed by atoms with Gasteiger partial charge < -0.3 is 52.7 Å². The number of ether oxygens (including phenoxy) is 10. The summed E-state index contributed by atoms with van der Waals surface area (Å²) in [5.41, 5.74) is 0. The molecule has 0 aromatic heterocycles. The number of fused-ring (bicyclic) bond motifs is 1. The van der Waals surface area contributed by atoms with E-state index >= 15 is 0 Å². The van der Waals surface area contributed by atoms with E-state index in [0.29, 0.717) is 11.1 Å². The maximum Gasteiger partial charge on any atom is 0.339 e. The molecule has 0 spiro atoms. The van der Waals surface area contributed by atoms with E-state index in [9.17, 15) is 33.6 Å². The lowest BCUT2D eigenvalue weighted by Crippen LogP contribution is -2.70. The van der Waals surface area contributed by atoms with Gasteiger partial charge in [0.15, 0.2) is 36.8 Å². The summed E-state index contributed by atoms with van der Waals surface area (Å²) in [4.78, 5) is 87.4. The van der Waals surface area contributed by atoms with Crippen molar-refractivity contribution < 1.29 is 80.9 Å². The van der Waals surface area contributed by atoms with Gasteiger partial charge in [-0.1, -0.05) is 36.4 Å². The zero-order valence-corrected chi connectivity index (χ0v) is 30.0. The highest BCUT2D eigenvalue weighted by Crippen LogP contribution is 2.36. The number of carbonyl (C=O) groups is 7. The molecule has 288 valence electrons. The number of hydrogen-bond donors (Lipinski definition) is 1. The van der Waals surface area contributed by atoms with Crippen LogP contribution in [0.2, 0.25) is 0 Å². The number of benzene rings is 2. The fraction of sp³-hybridized carbons (Fsp3) is 0.514. The molecule has 1 N–H and O–H groups in total. The third-order valence-electron chi connectivity index (χ3n) is 7.89. The lowest BCUT2D eigenvalue weighted by molar-refractivity contribution is -0.337. The molecule has 0 radical (unpaired) electrons. The van der Waals surface area contributed by atoms with E-state index in [4.69, 9.17) is 47.4 Å². The van der Waals surface area contributed by atoms with E-state index in [0.717, 1.165) is 47.1 Å². The summed E-state index contributed by atoms with van der Waals surface area (Å²) in [6.45, 7) is 5.96. The maximum absolute atomic E-state index is 13.1. The van der Waals surface area contributed by atoms with Gasteiger partial charge in [0.25, 0.3) is 0 Å². The first-order valence-electron chi connectivity index (χ1n) is 16.4. The van der Waals surface area contributed by atoms with Crippen LogP contribution in [0.4, 0.5) is 0 Å². The van der Waals surface area contributed by atoms with Crippen molar-refractivity contribution in [2.75, 3.05) is 13.7 Å². The number of rotatable bonds is 12. The minimum atomic E-state index is -1.90. The van der Waals surface area contributed by atoms with Gasteiger partial charge in [0.1, 0.15) is 30.6 Å². The molecular weight excluding hydrogens is 706 g/mol. The quantitative estimate of drug-likeness (QED) is 0.236. The number of hydrogen-bond acceptors (Lipinski definition) is 17. The highest BCUT2D eigenvalue weighted by molar-refractivity contribution is 5.88. The van der Waals surface area contributed by atoms with Crippen molar-refractivity contribution in [3.8, 4) is 5.75 Å². The standard InChI is InChI=1S/C35H41NO17/c1-16(37)36-26-28(52-35-32(49-21(6)42)30(48-20(5)41)29(47-19(4)40)31(53-35)33(43)44-7)27(46-18(3)39)25(15-45-17(2)38)51-34(26)50-24-14-10-12-22-11-8-9-13-23(22)24/h8-14,25-32,34-35H,15H2,1-7H3,(H,36,37)/t25-,26-,27+,28-,29+,30+,31+,32-,34-,35-/m1/s1. The number of amides is 1. The van der Waals surface area contributed by atoms with Crippen LogP contribution in [0.3, 0.4) is 0 Å². The number of esters is 6. The lowest BCUT2D eigenvalue weighted by atomic mass is 9.94. The van der Waals surface area contributed by atoms with Crippen LogP contribution in [0.15, 0.2) is 42.5 Å². The Morgan fingerprint density at radius 3 is 1.83 bits per heavy atom. The minimum Gasteiger partial charge on any atom is -0.467 e. The number of nitrogens with one attached hydrogen (secondary N) is 1. The Morgan fingerprint density at radius 1 is 0.642 bits per heavy atom. The lowest BCUT2D eigenvalue weighted by Gasteiger charge is -2.48. The molecule has 2 aliphatic heterocycles. The fourth-order valence-corrected chi connectivity index (χ4v) is 5.99. The SMILES string of the molecule is COC(=O)[C@H]1O[C@@H](O[C@@H]2[C@@H](NC(C)=O)[C@H](Oc3cccc4ccccc34)O[C@H](COC(C)=O)[C@@H]2OC(C)=O)[C@H](OC(C)=O)[C@@H](OC(C)=O)[C@@H]1OC(C)=O. The molecule has 2 aromatic carbocycles. The zero-order chi connectivity index (χ0) is 39.0. The van der Waals surface area contributed by atoms with Crippen molar-refractivity contribution in [2.45, 2.75) is 103 Å². The predicted molar refractivity (Wildman–Crippen MR) is 175 cm³/mol. The van der Waals surface area contributed by atoms with Gasteiger partial charge >= 0.3 is 35.8 Å². The maximum atomic E-state index is 13.1. The average Bonchev–Trinajstić information content (AvgIpc) is 3.07. The molecule has 2 aliphatic rings. The minimum absolute atomic E-state index is 0.302. The normalized spacial score (nSPS) is 28.1. The summed E-state index contributed by atoms with van der Waals surface area (Å²) in [6, 6.07) is 11.1. The number of methoxy groups -OCH3 is 1. The second-order valence-corrected chi connectivity index (χ2v) is 12.0. The molecule has 10 atom stereocenters. The Labute approximate surface area is 303 Å². The summed E-state index contributed by atoms with van der Waals surface area (Å²) >= 11 is 0. The van der Waals surface area contributed by atoms with Gasteiger partial charge in [-0.25, -0.2) is 4.79 Å². The molecule has 1 amide bonds. The summed E-state index contributed by atoms with van der Waals surface area (Å²) < 4.78 is 57.0. The molecule has 4 rings (SSSR count). The van der Waals surface area contributed by atoms with E-state index in [2.05, 4.69) is 5.32 Å². The molecule has 18 nitrogen and oxygen atoms in total. The van der Waals surface area contributed by atoms with Crippen LogP contribution in [0, 0.1) is 0 Å². The van der Waals surface area contributed by atoms with Crippen molar-refractivity contribution in [1.29, 1.82) is 0 Å². The zero-order valence-electron chi connectivity index (χ0n) is 30.0. The van der Waals surface area contributed by atoms with Crippen molar-refractivity contribution in [3.05, 3.63) is 42.5 Å².